The first kappa shape index (κ1) is 11.0. The van der Waals surface area contributed by atoms with Crippen LogP contribution in [0.3, 0.4) is 0 Å². The van der Waals surface area contributed by atoms with Gasteiger partial charge in [0.1, 0.15) is 0 Å². The Balaban J connectivity index is 1.68. The molecule has 0 spiro atoms. The third kappa shape index (κ3) is 2.42. The highest BCUT2D eigenvalue weighted by atomic mass is 32.1. The summed E-state index contributed by atoms with van der Waals surface area (Å²) >= 11 is 1.51. The van der Waals surface area contributed by atoms with Crippen molar-refractivity contribution in [3.8, 4) is 5.88 Å². The molecular formula is C13H16N2OS. The Morgan fingerprint density at radius 1 is 1.41 bits per heavy atom. The molecule has 90 valence electrons. The number of fused-ring (bicyclic) bond motifs is 1. The first-order valence-electron chi connectivity index (χ1n) is 6.11. The molecule has 1 aromatic carbocycles. The zero-order valence-electron chi connectivity index (χ0n) is 9.69. The van der Waals surface area contributed by atoms with Gasteiger partial charge in [-0.05, 0) is 43.1 Å². The van der Waals surface area contributed by atoms with E-state index in [1.165, 1.54) is 29.1 Å². The van der Waals surface area contributed by atoms with Gasteiger partial charge in [-0.15, -0.1) is 0 Å². The zero-order chi connectivity index (χ0) is 11.5. The second-order valence-electron chi connectivity index (χ2n) is 4.51. The van der Waals surface area contributed by atoms with E-state index in [0.29, 0.717) is 5.92 Å². The lowest BCUT2D eigenvalue weighted by Crippen LogP contribution is -2.33. The Hall–Kier alpha value is -1.13. The fourth-order valence-electron chi connectivity index (χ4n) is 2.23. The van der Waals surface area contributed by atoms with Gasteiger partial charge in [-0.3, -0.25) is 0 Å². The molecule has 0 aliphatic carbocycles. The van der Waals surface area contributed by atoms with Crippen molar-refractivity contribution in [1.29, 1.82) is 0 Å². The molecule has 1 N–H and O–H groups in total. The average molecular weight is 248 g/mol. The van der Waals surface area contributed by atoms with Crippen LogP contribution < -0.4 is 10.1 Å². The number of hydrogen-bond acceptors (Lipinski definition) is 4. The summed E-state index contributed by atoms with van der Waals surface area (Å²) in [5.41, 5.74) is 0. The molecule has 3 rings (SSSR count). The number of rotatable bonds is 3. The minimum Gasteiger partial charge on any atom is -0.476 e. The van der Waals surface area contributed by atoms with Gasteiger partial charge in [0.2, 0.25) is 5.88 Å². The van der Waals surface area contributed by atoms with Crippen molar-refractivity contribution >= 4 is 21.6 Å². The van der Waals surface area contributed by atoms with Gasteiger partial charge >= 0.3 is 0 Å². The first-order chi connectivity index (χ1) is 8.43. The van der Waals surface area contributed by atoms with Crippen LogP contribution in [0, 0.1) is 5.92 Å². The maximum Gasteiger partial charge on any atom is 0.233 e. The molecule has 1 saturated heterocycles. The van der Waals surface area contributed by atoms with Gasteiger partial charge in [-0.25, -0.2) is 0 Å². The fraction of sp³-hybridized carbons (Fsp3) is 0.462. The van der Waals surface area contributed by atoms with Crippen LogP contribution >= 0.6 is 11.5 Å². The molecule has 0 unspecified atom stereocenters. The summed E-state index contributed by atoms with van der Waals surface area (Å²) < 4.78 is 11.4. The molecular weight excluding hydrogens is 232 g/mol. The van der Waals surface area contributed by atoms with Gasteiger partial charge in [-0.1, -0.05) is 12.1 Å². The van der Waals surface area contributed by atoms with Crippen molar-refractivity contribution in [2.45, 2.75) is 12.8 Å². The minimum atomic E-state index is 0.629. The van der Waals surface area contributed by atoms with Crippen LogP contribution in [0.5, 0.6) is 5.88 Å². The molecule has 0 radical (unpaired) electrons. The topological polar surface area (TPSA) is 34.1 Å². The lowest BCUT2D eigenvalue weighted by molar-refractivity contribution is 0.215. The second kappa shape index (κ2) is 5.02. The number of nitrogens with one attached hydrogen (secondary N) is 1. The largest absolute Gasteiger partial charge is 0.476 e. The predicted octanol–water partition coefficient (Wildman–Crippen LogP) is 2.67. The highest BCUT2D eigenvalue weighted by Crippen LogP contribution is 2.28. The summed E-state index contributed by atoms with van der Waals surface area (Å²) in [5.74, 6) is 1.43. The summed E-state index contributed by atoms with van der Waals surface area (Å²) in [6.45, 7) is 3.00. The number of piperidine rings is 1. The number of nitrogens with zero attached hydrogens (tertiary/aromatic N) is 1. The molecule has 1 aliphatic rings. The molecule has 17 heavy (non-hydrogen) atoms. The maximum atomic E-state index is 5.86. The summed E-state index contributed by atoms with van der Waals surface area (Å²) in [4.78, 5) is 0. The van der Waals surface area contributed by atoms with Crippen LogP contribution in [0.25, 0.3) is 10.1 Å². The van der Waals surface area contributed by atoms with Crippen LogP contribution in [-0.2, 0) is 0 Å². The van der Waals surface area contributed by atoms with Gasteiger partial charge in [0.25, 0.3) is 0 Å². The van der Waals surface area contributed by atoms with Crippen LogP contribution in [0.1, 0.15) is 12.8 Å². The zero-order valence-corrected chi connectivity index (χ0v) is 10.5. The van der Waals surface area contributed by atoms with Gasteiger partial charge in [0.05, 0.1) is 16.7 Å². The smallest absolute Gasteiger partial charge is 0.233 e. The van der Waals surface area contributed by atoms with E-state index in [4.69, 9.17) is 4.74 Å². The summed E-state index contributed by atoms with van der Waals surface area (Å²) in [5, 5.41) is 4.54. The Bertz CT molecular complexity index is 491. The van der Waals surface area contributed by atoms with E-state index in [1.54, 1.807) is 0 Å². The second-order valence-corrected chi connectivity index (χ2v) is 5.31. The molecule has 1 fully saturated rings. The molecule has 2 heterocycles. The minimum absolute atomic E-state index is 0.629. The van der Waals surface area contributed by atoms with Crippen molar-refractivity contribution in [3.63, 3.8) is 0 Å². The van der Waals surface area contributed by atoms with Crippen LogP contribution in [0.4, 0.5) is 0 Å². The van der Waals surface area contributed by atoms with E-state index in [1.807, 2.05) is 12.1 Å². The quantitative estimate of drug-likeness (QED) is 0.906. The van der Waals surface area contributed by atoms with E-state index in [0.717, 1.165) is 31.0 Å². The molecule has 4 heteroatoms. The summed E-state index contributed by atoms with van der Waals surface area (Å²) in [6.07, 6.45) is 2.51. The number of hydrogen-bond donors (Lipinski definition) is 1. The molecule has 1 aliphatic heterocycles. The number of ether oxygens (including phenoxy) is 1. The lowest BCUT2D eigenvalue weighted by Gasteiger charge is -2.22. The molecule has 1 atom stereocenters. The normalized spacial score (nSPS) is 20.6. The monoisotopic (exact) mass is 248 g/mol. The molecule has 0 amide bonds. The first-order valence-corrected chi connectivity index (χ1v) is 6.89. The van der Waals surface area contributed by atoms with Gasteiger partial charge < -0.3 is 10.1 Å². The van der Waals surface area contributed by atoms with Crippen molar-refractivity contribution in [1.82, 2.24) is 9.69 Å². The lowest BCUT2D eigenvalue weighted by atomic mass is 10.0. The van der Waals surface area contributed by atoms with Crippen molar-refractivity contribution in [2.75, 3.05) is 19.7 Å². The average Bonchev–Trinajstić information content (AvgIpc) is 2.81. The van der Waals surface area contributed by atoms with E-state index in [-0.39, 0.29) is 0 Å². The van der Waals surface area contributed by atoms with Crippen molar-refractivity contribution in [2.24, 2.45) is 5.92 Å². The SMILES string of the molecule is c1ccc2c(OC[C@H]3CCCNC3)nsc2c1. The Kier molecular flexibility index (Phi) is 3.25. The van der Waals surface area contributed by atoms with Gasteiger partial charge in [0, 0.05) is 12.5 Å². The van der Waals surface area contributed by atoms with E-state index in [2.05, 4.69) is 21.8 Å². The van der Waals surface area contributed by atoms with Gasteiger partial charge in [-0.2, -0.15) is 4.37 Å². The highest BCUT2D eigenvalue weighted by Gasteiger charge is 2.15. The van der Waals surface area contributed by atoms with Crippen LogP contribution in [0.2, 0.25) is 0 Å². The Morgan fingerprint density at radius 3 is 3.24 bits per heavy atom. The standard InChI is InChI=1S/C13H16N2OS/c1-2-6-12-11(5-1)13(15-17-12)16-9-10-4-3-7-14-8-10/h1-2,5-6,10,14H,3-4,7-9H2/t10-/m0/s1. The maximum absolute atomic E-state index is 5.86. The Labute approximate surface area is 105 Å². The van der Waals surface area contributed by atoms with Crippen molar-refractivity contribution < 1.29 is 4.74 Å². The molecule has 0 bridgehead atoms. The number of aromatic nitrogens is 1. The molecule has 1 aromatic heterocycles. The Morgan fingerprint density at radius 2 is 2.35 bits per heavy atom. The van der Waals surface area contributed by atoms with Crippen molar-refractivity contribution in [3.05, 3.63) is 24.3 Å². The molecule has 0 saturated carbocycles. The van der Waals surface area contributed by atoms with Crippen LogP contribution in [-0.4, -0.2) is 24.1 Å². The third-order valence-corrected chi connectivity index (χ3v) is 4.01. The number of benzene rings is 1. The van der Waals surface area contributed by atoms with Crippen LogP contribution in [0.15, 0.2) is 24.3 Å². The highest BCUT2D eigenvalue weighted by molar-refractivity contribution is 7.13. The third-order valence-electron chi connectivity index (χ3n) is 3.20. The van der Waals surface area contributed by atoms with E-state index >= 15 is 0 Å². The molecule has 3 nitrogen and oxygen atoms in total. The summed E-state index contributed by atoms with van der Waals surface area (Å²) in [7, 11) is 0. The van der Waals surface area contributed by atoms with Gasteiger partial charge in [0.15, 0.2) is 0 Å². The predicted molar refractivity (Wildman–Crippen MR) is 70.7 cm³/mol. The molecule has 2 aromatic rings. The summed E-state index contributed by atoms with van der Waals surface area (Å²) in [6, 6.07) is 8.23. The fourth-order valence-corrected chi connectivity index (χ4v) is 2.96. The van der Waals surface area contributed by atoms with E-state index in [9.17, 15) is 0 Å². The van der Waals surface area contributed by atoms with E-state index < -0.39 is 0 Å².